The Morgan fingerprint density at radius 1 is 0.326 bits per heavy atom. The van der Waals surface area contributed by atoms with Crippen LogP contribution in [0, 0.1) is 5.41 Å². The van der Waals surface area contributed by atoms with Crippen LogP contribution in [0.1, 0.15) is 232 Å². The van der Waals surface area contributed by atoms with Crippen LogP contribution in [0.2, 0.25) is 0 Å². The lowest BCUT2D eigenvalue weighted by Gasteiger charge is -2.25. The van der Waals surface area contributed by atoms with E-state index in [4.69, 9.17) is 0 Å². The molecule has 4 heteroatoms. The highest BCUT2D eigenvalue weighted by Gasteiger charge is 2.45. The second kappa shape index (κ2) is 32.3. The molecule has 43 heavy (non-hydrogen) atoms. The smallest absolute Gasteiger partial charge is 0.321 e. The molecule has 0 atom stereocenters. The highest BCUT2D eigenvalue weighted by atomic mass is 16.4. The van der Waals surface area contributed by atoms with Crippen molar-refractivity contribution in [2.75, 3.05) is 0 Å². The molecule has 0 saturated heterocycles. The van der Waals surface area contributed by atoms with Crippen LogP contribution >= 0.6 is 0 Å². The lowest BCUT2D eigenvalue weighted by atomic mass is 9.78. The normalized spacial score (nSPS) is 11.8. The molecule has 0 radical (unpaired) electrons. The molecule has 0 amide bonds. The van der Waals surface area contributed by atoms with Crippen molar-refractivity contribution < 1.29 is 19.8 Å². The number of aliphatic carboxylic acids is 2. The van der Waals surface area contributed by atoms with Gasteiger partial charge in [-0.05, 0) is 12.8 Å². The molecule has 0 aromatic heterocycles. The number of hydrogen-bond acceptors (Lipinski definition) is 2. The Bertz CT molecular complexity index is 550. The fraction of sp³-hybridized carbons (Fsp3) is 0.949. The molecule has 4 nitrogen and oxygen atoms in total. The SMILES string of the molecule is CCCCCCCCCCCCCCCCCCC(CCCCCCCCCCCCCCCCCC)(C(=O)O)C(=O)O. The quantitative estimate of drug-likeness (QED) is 0.0548. The summed E-state index contributed by atoms with van der Waals surface area (Å²) >= 11 is 0. The molecule has 2 N–H and O–H groups in total. The van der Waals surface area contributed by atoms with Gasteiger partial charge in [0.25, 0.3) is 0 Å². The lowest BCUT2D eigenvalue weighted by Crippen LogP contribution is -2.39. The van der Waals surface area contributed by atoms with E-state index in [1.54, 1.807) is 0 Å². The monoisotopic (exact) mass is 609 g/mol. The molecule has 0 aliphatic rings. The van der Waals surface area contributed by atoms with Gasteiger partial charge >= 0.3 is 11.9 Å². The van der Waals surface area contributed by atoms with Crippen molar-refractivity contribution in [1.82, 2.24) is 0 Å². The van der Waals surface area contributed by atoms with Gasteiger partial charge in [0.05, 0.1) is 0 Å². The number of unbranched alkanes of at least 4 members (excludes halogenated alkanes) is 30. The summed E-state index contributed by atoms with van der Waals surface area (Å²) < 4.78 is 0. The van der Waals surface area contributed by atoms with Crippen LogP contribution in [0.3, 0.4) is 0 Å². The number of hydrogen-bond donors (Lipinski definition) is 2. The van der Waals surface area contributed by atoms with Crippen molar-refractivity contribution in [2.45, 2.75) is 232 Å². The van der Waals surface area contributed by atoms with Crippen molar-refractivity contribution >= 4 is 11.9 Å². The van der Waals surface area contributed by atoms with Gasteiger partial charge in [-0.15, -0.1) is 0 Å². The summed E-state index contributed by atoms with van der Waals surface area (Å²) in [5.41, 5.74) is -1.59. The average molecular weight is 609 g/mol. The largest absolute Gasteiger partial charge is 0.480 e. The zero-order chi connectivity index (χ0) is 31.7. The van der Waals surface area contributed by atoms with Gasteiger partial charge < -0.3 is 10.2 Å². The Balaban J connectivity index is 3.77. The van der Waals surface area contributed by atoms with Gasteiger partial charge in [-0.3, -0.25) is 9.59 Å². The van der Waals surface area contributed by atoms with E-state index < -0.39 is 17.4 Å². The first-order chi connectivity index (χ1) is 21.0. The summed E-state index contributed by atoms with van der Waals surface area (Å²) in [6.45, 7) is 4.54. The first-order valence-corrected chi connectivity index (χ1v) is 19.5. The zero-order valence-electron chi connectivity index (χ0n) is 29.3. The number of carboxylic acid groups (broad SMARTS) is 2. The maximum absolute atomic E-state index is 12.1. The fourth-order valence-electron chi connectivity index (χ4n) is 6.59. The summed E-state index contributed by atoms with van der Waals surface area (Å²) in [6, 6.07) is 0. The van der Waals surface area contributed by atoms with Gasteiger partial charge in [0.1, 0.15) is 0 Å². The molecule has 0 fully saturated rings. The van der Waals surface area contributed by atoms with Crippen molar-refractivity contribution in [3.05, 3.63) is 0 Å². The molecule has 0 aliphatic carbocycles. The van der Waals surface area contributed by atoms with Crippen LogP contribution in [-0.4, -0.2) is 22.2 Å². The maximum Gasteiger partial charge on any atom is 0.321 e. The molecule has 0 unspecified atom stereocenters. The molecule has 0 bridgehead atoms. The van der Waals surface area contributed by atoms with Gasteiger partial charge in [0.2, 0.25) is 0 Å². The molecule has 0 aromatic carbocycles. The minimum absolute atomic E-state index is 0.273. The fourth-order valence-corrected chi connectivity index (χ4v) is 6.59. The minimum atomic E-state index is -1.59. The van der Waals surface area contributed by atoms with Crippen LogP contribution in [0.25, 0.3) is 0 Å². The van der Waals surface area contributed by atoms with Crippen molar-refractivity contribution in [3.63, 3.8) is 0 Å². The van der Waals surface area contributed by atoms with Crippen molar-refractivity contribution in [1.29, 1.82) is 0 Å². The number of carbonyl (C=O) groups is 2. The van der Waals surface area contributed by atoms with E-state index in [9.17, 15) is 19.8 Å². The first kappa shape index (κ1) is 41.9. The van der Waals surface area contributed by atoms with E-state index in [2.05, 4.69) is 13.8 Å². The first-order valence-electron chi connectivity index (χ1n) is 19.5. The van der Waals surface area contributed by atoms with Crippen LogP contribution in [0.4, 0.5) is 0 Å². The Hall–Kier alpha value is -1.06. The van der Waals surface area contributed by atoms with Gasteiger partial charge in [0, 0.05) is 0 Å². The van der Waals surface area contributed by atoms with Crippen molar-refractivity contribution in [3.8, 4) is 0 Å². The van der Waals surface area contributed by atoms with Gasteiger partial charge in [-0.2, -0.15) is 0 Å². The Morgan fingerprint density at radius 3 is 0.651 bits per heavy atom. The molecule has 256 valence electrons. The molecule has 0 spiro atoms. The van der Waals surface area contributed by atoms with E-state index in [1.165, 1.54) is 167 Å². The van der Waals surface area contributed by atoms with Gasteiger partial charge in [-0.25, -0.2) is 0 Å². The predicted octanol–water partition coefficient (Wildman–Crippen LogP) is 13.4. The Morgan fingerprint density at radius 2 is 0.488 bits per heavy atom. The molecule has 0 saturated carbocycles. The van der Waals surface area contributed by atoms with E-state index >= 15 is 0 Å². The highest BCUT2D eigenvalue weighted by molar-refractivity contribution is 5.98. The molecule has 0 heterocycles. The van der Waals surface area contributed by atoms with Gasteiger partial charge in [0.15, 0.2) is 5.41 Å². The predicted molar refractivity (Wildman–Crippen MR) is 186 cm³/mol. The standard InChI is InChI=1S/C39H76O4/c1-3-5-7-9-11-13-15-17-19-21-23-25-27-29-31-33-35-39(37(40)41,38(42)43)36-34-32-30-28-26-24-22-20-18-16-14-12-10-8-6-4-2/h3-36H2,1-2H3,(H,40,41)(H,42,43). The summed E-state index contributed by atoms with van der Waals surface area (Å²) in [5, 5.41) is 19.7. The van der Waals surface area contributed by atoms with E-state index in [1.807, 2.05) is 0 Å². The second-order valence-corrected chi connectivity index (χ2v) is 13.8. The highest BCUT2D eigenvalue weighted by Crippen LogP contribution is 2.33. The molecule has 0 aromatic rings. The van der Waals surface area contributed by atoms with E-state index in [-0.39, 0.29) is 12.8 Å². The zero-order valence-corrected chi connectivity index (χ0v) is 29.3. The summed E-state index contributed by atoms with van der Waals surface area (Å²) in [6.07, 6.45) is 41.0. The van der Waals surface area contributed by atoms with Crippen molar-refractivity contribution in [2.24, 2.45) is 5.41 Å². The number of carboxylic acids is 2. The third-order valence-electron chi connectivity index (χ3n) is 9.73. The Kier molecular flexibility index (Phi) is 31.5. The third kappa shape index (κ3) is 25.9. The molecule has 0 aliphatic heterocycles. The molecule has 0 rings (SSSR count). The molecular formula is C39H76O4. The van der Waals surface area contributed by atoms with E-state index in [0.29, 0.717) is 12.8 Å². The van der Waals surface area contributed by atoms with Crippen LogP contribution in [0.15, 0.2) is 0 Å². The lowest BCUT2D eigenvalue weighted by molar-refractivity contribution is -0.166. The summed E-state index contributed by atoms with van der Waals surface area (Å²) in [7, 11) is 0. The van der Waals surface area contributed by atoms with Crippen LogP contribution in [-0.2, 0) is 9.59 Å². The minimum Gasteiger partial charge on any atom is -0.480 e. The summed E-state index contributed by atoms with van der Waals surface area (Å²) in [5.74, 6) is -2.27. The maximum atomic E-state index is 12.1. The Labute approximate surface area is 269 Å². The van der Waals surface area contributed by atoms with Gasteiger partial charge in [-0.1, -0.05) is 219 Å². The molecular weight excluding hydrogens is 532 g/mol. The van der Waals surface area contributed by atoms with Crippen LogP contribution in [0.5, 0.6) is 0 Å². The van der Waals surface area contributed by atoms with Crippen LogP contribution < -0.4 is 0 Å². The average Bonchev–Trinajstić information content (AvgIpc) is 2.99. The third-order valence-corrected chi connectivity index (χ3v) is 9.73. The number of rotatable bonds is 36. The second-order valence-electron chi connectivity index (χ2n) is 13.8. The van der Waals surface area contributed by atoms with E-state index in [0.717, 1.165) is 25.7 Å². The topological polar surface area (TPSA) is 74.6 Å². The summed E-state index contributed by atoms with van der Waals surface area (Å²) in [4.78, 5) is 24.1.